The van der Waals surface area contributed by atoms with Gasteiger partial charge in [-0.05, 0) is 43.4 Å². The monoisotopic (exact) mass is 346 g/mol. The van der Waals surface area contributed by atoms with Crippen molar-refractivity contribution in [2.24, 2.45) is 0 Å². The second-order valence-electron chi connectivity index (χ2n) is 4.11. The van der Waals surface area contributed by atoms with Crippen LogP contribution in [0.5, 0.6) is 11.5 Å². The van der Waals surface area contributed by atoms with Crippen LogP contribution < -0.4 is 15.2 Å². The molecule has 2 aromatic rings. The molecule has 0 aliphatic carbocycles. The molecule has 0 aromatic heterocycles. The normalized spacial score (nSPS) is 11.4. The molecule has 5 nitrogen and oxygen atoms in total. The number of ether oxygens (including phenoxy) is 1. The van der Waals surface area contributed by atoms with Crippen molar-refractivity contribution in [3.63, 3.8) is 0 Å². The van der Waals surface area contributed by atoms with Crippen LogP contribution in [0.4, 0.5) is 5.69 Å². The lowest BCUT2D eigenvalue weighted by Gasteiger charge is -2.11. The number of rotatable bonds is 4. The van der Waals surface area contributed by atoms with Crippen molar-refractivity contribution in [3.8, 4) is 11.5 Å². The molecule has 2 rings (SSSR count). The summed E-state index contributed by atoms with van der Waals surface area (Å²) in [5.41, 5.74) is 6.00. The highest BCUT2D eigenvalue weighted by Crippen LogP contribution is 2.32. The summed E-state index contributed by atoms with van der Waals surface area (Å²) >= 11 is 11.8. The van der Waals surface area contributed by atoms with Crippen molar-refractivity contribution in [1.29, 1.82) is 0 Å². The second-order valence-corrected chi connectivity index (χ2v) is 6.87. The number of nitrogen functional groups attached to an aromatic ring is 1. The Morgan fingerprint density at radius 3 is 2.24 bits per heavy atom. The Bertz CT molecular complexity index is 759. The molecule has 0 fully saturated rings. The van der Waals surface area contributed by atoms with Gasteiger partial charge in [0.15, 0.2) is 0 Å². The number of hydrogen-bond donors (Lipinski definition) is 2. The number of hydrogen-bond acceptors (Lipinski definition) is 4. The second kappa shape index (κ2) is 6.11. The molecule has 112 valence electrons. The molecule has 0 unspecified atom stereocenters. The average molecular weight is 347 g/mol. The Labute approximate surface area is 132 Å². The largest absolute Gasteiger partial charge is 0.455 e. The number of benzene rings is 2. The van der Waals surface area contributed by atoms with Gasteiger partial charge in [-0.15, -0.1) is 0 Å². The zero-order chi connectivity index (χ0) is 15.6. The summed E-state index contributed by atoms with van der Waals surface area (Å²) in [7, 11) is -2.23. The van der Waals surface area contributed by atoms with E-state index >= 15 is 0 Å². The van der Waals surface area contributed by atoms with E-state index < -0.39 is 10.0 Å². The van der Waals surface area contributed by atoms with Gasteiger partial charge in [-0.2, -0.15) is 0 Å². The summed E-state index contributed by atoms with van der Waals surface area (Å²) in [6.45, 7) is 0. The minimum absolute atomic E-state index is 0.0546. The van der Waals surface area contributed by atoms with Crippen molar-refractivity contribution in [1.82, 2.24) is 4.72 Å². The van der Waals surface area contributed by atoms with Crippen molar-refractivity contribution in [3.05, 3.63) is 46.4 Å². The van der Waals surface area contributed by atoms with E-state index in [9.17, 15) is 8.42 Å². The summed E-state index contributed by atoms with van der Waals surface area (Å²) in [5.74, 6) is 0.715. The molecule has 3 N–H and O–H groups in total. The molecular weight excluding hydrogens is 335 g/mol. The van der Waals surface area contributed by atoms with E-state index in [0.29, 0.717) is 21.5 Å². The van der Waals surface area contributed by atoms with Crippen LogP contribution in [-0.4, -0.2) is 15.5 Å². The smallest absolute Gasteiger partial charge is 0.240 e. The van der Waals surface area contributed by atoms with E-state index in [4.69, 9.17) is 33.7 Å². The fourth-order valence-electron chi connectivity index (χ4n) is 1.62. The third-order valence-corrected chi connectivity index (χ3v) is 4.47. The summed E-state index contributed by atoms with van der Waals surface area (Å²) in [6, 6.07) is 8.89. The lowest BCUT2D eigenvalue weighted by Crippen LogP contribution is -2.18. The molecule has 0 bridgehead atoms. The van der Waals surface area contributed by atoms with Gasteiger partial charge in [-0.3, -0.25) is 0 Å². The fourth-order valence-corrected chi connectivity index (χ4v) is 2.89. The predicted molar refractivity (Wildman–Crippen MR) is 83.6 cm³/mol. The van der Waals surface area contributed by atoms with Gasteiger partial charge in [-0.1, -0.05) is 23.2 Å². The number of nitrogens with one attached hydrogen (secondary N) is 1. The van der Waals surface area contributed by atoms with Gasteiger partial charge in [0, 0.05) is 10.0 Å². The van der Waals surface area contributed by atoms with E-state index in [1.54, 1.807) is 18.2 Å². The third kappa shape index (κ3) is 3.79. The first-order valence-corrected chi connectivity index (χ1v) is 8.03. The standard InChI is InChI=1S/C13H12Cl2N2O3S/c1-17-21(18,19)11-2-3-13(12(16)7-11)20-10-5-8(14)4-9(15)6-10/h2-7,17H,16H2,1H3. The van der Waals surface area contributed by atoms with Gasteiger partial charge in [0.05, 0.1) is 10.6 Å². The van der Waals surface area contributed by atoms with Crippen LogP contribution in [0, 0.1) is 0 Å². The zero-order valence-corrected chi connectivity index (χ0v) is 13.3. The highest BCUT2D eigenvalue weighted by Gasteiger charge is 2.14. The number of nitrogens with two attached hydrogens (primary N) is 1. The van der Waals surface area contributed by atoms with E-state index in [0.717, 1.165) is 0 Å². The molecule has 2 aromatic carbocycles. The van der Waals surface area contributed by atoms with Gasteiger partial charge >= 0.3 is 0 Å². The van der Waals surface area contributed by atoms with Crippen LogP contribution in [0.25, 0.3) is 0 Å². The molecule has 8 heteroatoms. The van der Waals surface area contributed by atoms with Crippen LogP contribution in [0.2, 0.25) is 10.0 Å². The van der Waals surface area contributed by atoms with Crippen molar-refractivity contribution in [2.45, 2.75) is 4.90 Å². The molecular formula is C13H12Cl2N2O3S. The molecule has 0 saturated heterocycles. The molecule has 0 saturated carbocycles. The maximum absolute atomic E-state index is 11.7. The number of sulfonamides is 1. The van der Waals surface area contributed by atoms with Gasteiger partial charge in [0.25, 0.3) is 0 Å². The Kier molecular flexibility index (Phi) is 4.63. The Morgan fingerprint density at radius 2 is 1.71 bits per heavy atom. The molecule has 0 aliphatic rings. The van der Waals surface area contributed by atoms with Gasteiger partial charge in [0.2, 0.25) is 10.0 Å². The van der Waals surface area contributed by atoms with Crippen LogP contribution in [-0.2, 0) is 10.0 Å². The average Bonchev–Trinajstić information content (AvgIpc) is 2.40. The molecule has 0 amide bonds. The van der Waals surface area contributed by atoms with Crippen LogP contribution in [0.15, 0.2) is 41.3 Å². The van der Waals surface area contributed by atoms with Crippen molar-refractivity contribution in [2.75, 3.05) is 12.8 Å². The Hall–Kier alpha value is -1.47. The molecule has 0 atom stereocenters. The highest BCUT2D eigenvalue weighted by atomic mass is 35.5. The molecule has 0 spiro atoms. The van der Waals surface area contributed by atoms with Gasteiger partial charge in [-0.25, -0.2) is 13.1 Å². The van der Waals surface area contributed by atoms with Crippen molar-refractivity contribution >= 4 is 38.9 Å². The summed E-state index contributed by atoms with van der Waals surface area (Å²) in [4.78, 5) is 0.0546. The highest BCUT2D eigenvalue weighted by molar-refractivity contribution is 7.89. The van der Waals surface area contributed by atoms with Crippen LogP contribution in [0.1, 0.15) is 0 Å². The fraction of sp³-hybridized carbons (Fsp3) is 0.0769. The third-order valence-electron chi connectivity index (χ3n) is 2.62. The minimum Gasteiger partial charge on any atom is -0.455 e. The first kappa shape index (κ1) is 15.9. The van der Waals surface area contributed by atoms with Gasteiger partial charge in [0.1, 0.15) is 11.5 Å². The maximum atomic E-state index is 11.7. The molecule has 0 heterocycles. The summed E-state index contributed by atoms with van der Waals surface area (Å²) in [6.07, 6.45) is 0. The molecule has 0 radical (unpaired) electrons. The molecule has 21 heavy (non-hydrogen) atoms. The topological polar surface area (TPSA) is 81.4 Å². The minimum atomic E-state index is -3.55. The lowest BCUT2D eigenvalue weighted by atomic mass is 10.3. The first-order chi connectivity index (χ1) is 9.81. The summed E-state index contributed by atoms with van der Waals surface area (Å²) < 4.78 is 31.1. The van der Waals surface area contributed by atoms with Crippen molar-refractivity contribution < 1.29 is 13.2 Å². The Balaban J connectivity index is 2.34. The molecule has 0 aliphatic heterocycles. The maximum Gasteiger partial charge on any atom is 0.240 e. The SMILES string of the molecule is CNS(=O)(=O)c1ccc(Oc2cc(Cl)cc(Cl)c2)c(N)c1. The van der Waals surface area contributed by atoms with E-state index in [1.165, 1.54) is 25.2 Å². The van der Waals surface area contributed by atoms with Crippen LogP contribution in [0.3, 0.4) is 0 Å². The van der Waals surface area contributed by atoms with Gasteiger partial charge < -0.3 is 10.5 Å². The van der Waals surface area contributed by atoms with E-state index in [-0.39, 0.29) is 10.6 Å². The zero-order valence-electron chi connectivity index (χ0n) is 10.9. The summed E-state index contributed by atoms with van der Waals surface area (Å²) in [5, 5.41) is 0.843. The number of halogens is 2. The van der Waals surface area contributed by atoms with E-state index in [2.05, 4.69) is 4.72 Å². The first-order valence-electron chi connectivity index (χ1n) is 5.79. The Morgan fingerprint density at radius 1 is 1.10 bits per heavy atom. The quantitative estimate of drug-likeness (QED) is 0.832. The number of anilines is 1. The predicted octanol–water partition coefficient (Wildman–Crippen LogP) is 3.28. The lowest BCUT2D eigenvalue weighted by molar-refractivity contribution is 0.484. The van der Waals surface area contributed by atoms with Crippen LogP contribution >= 0.6 is 23.2 Å². The van der Waals surface area contributed by atoms with E-state index in [1.807, 2.05) is 0 Å².